The van der Waals surface area contributed by atoms with Gasteiger partial charge in [0.25, 0.3) is 0 Å². The third-order valence-corrected chi connectivity index (χ3v) is 4.14. The molecule has 0 saturated carbocycles. The highest BCUT2D eigenvalue weighted by molar-refractivity contribution is 7.20. The number of rotatable bonds is 3. The average molecular weight is 344 g/mol. The minimum Gasteiger partial charge on any atom is -0.374 e. The van der Waals surface area contributed by atoms with Crippen molar-refractivity contribution in [1.29, 1.82) is 0 Å². The van der Waals surface area contributed by atoms with Crippen LogP contribution in [0.5, 0.6) is 0 Å². The molecule has 0 radical (unpaired) electrons. The number of benzene rings is 1. The lowest BCUT2D eigenvalue weighted by atomic mass is 10.1. The van der Waals surface area contributed by atoms with Gasteiger partial charge in [-0.2, -0.15) is 0 Å². The van der Waals surface area contributed by atoms with E-state index in [0.29, 0.717) is 14.2 Å². The zero-order chi connectivity index (χ0) is 15.0. The van der Waals surface area contributed by atoms with Crippen LogP contribution in [0, 0.1) is 23.3 Å². The summed E-state index contributed by atoms with van der Waals surface area (Å²) in [7, 11) is 0. The highest BCUT2D eigenvalue weighted by Gasteiger charge is 2.22. The van der Waals surface area contributed by atoms with Crippen LogP contribution in [0.15, 0.2) is 12.1 Å². The van der Waals surface area contributed by atoms with E-state index in [4.69, 9.17) is 23.2 Å². The summed E-state index contributed by atoms with van der Waals surface area (Å²) < 4.78 is 53.9. The van der Waals surface area contributed by atoms with Crippen LogP contribution < -0.4 is 5.32 Å². The third-order valence-electron chi connectivity index (χ3n) is 2.62. The standard InChI is InChI=1S/C12H7Cl2F4NS/c1-4(5-2-8(13)20-12(5)14)19-11-9(17)6(15)3-7(16)10(11)18/h2-4,19H,1H3. The van der Waals surface area contributed by atoms with E-state index in [9.17, 15) is 17.6 Å². The van der Waals surface area contributed by atoms with Crippen LogP contribution in [0.3, 0.4) is 0 Å². The van der Waals surface area contributed by atoms with Crippen molar-refractivity contribution in [3.05, 3.63) is 49.6 Å². The molecule has 0 aliphatic rings. The van der Waals surface area contributed by atoms with Gasteiger partial charge in [-0.05, 0) is 13.0 Å². The molecule has 1 heterocycles. The number of hydrogen-bond acceptors (Lipinski definition) is 2. The number of hydrogen-bond donors (Lipinski definition) is 1. The van der Waals surface area contributed by atoms with Gasteiger partial charge in [-0.3, -0.25) is 0 Å². The third kappa shape index (κ3) is 2.87. The van der Waals surface area contributed by atoms with Crippen LogP contribution in [-0.4, -0.2) is 0 Å². The summed E-state index contributed by atoms with van der Waals surface area (Å²) in [6, 6.07) is 0.976. The maximum Gasteiger partial charge on any atom is 0.185 e. The van der Waals surface area contributed by atoms with Gasteiger partial charge in [-0.25, -0.2) is 17.6 Å². The van der Waals surface area contributed by atoms with Crippen molar-refractivity contribution >= 4 is 40.2 Å². The van der Waals surface area contributed by atoms with Crippen LogP contribution in [0.25, 0.3) is 0 Å². The predicted octanol–water partition coefficient (Wildman–Crippen LogP) is 5.78. The number of anilines is 1. The quantitative estimate of drug-likeness (QED) is 0.549. The first-order valence-corrected chi connectivity index (χ1v) is 6.92. The molecule has 0 saturated heterocycles. The molecule has 20 heavy (non-hydrogen) atoms. The minimum atomic E-state index is -1.49. The van der Waals surface area contributed by atoms with Gasteiger partial charge in [0.05, 0.1) is 14.7 Å². The van der Waals surface area contributed by atoms with E-state index in [0.717, 1.165) is 11.3 Å². The van der Waals surface area contributed by atoms with Gasteiger partial charge < -0.3 is 5.32 Å². The summed E-state index contributed by atoms with van der Waals surface area (Å²) in [5.41, 5.74) is -0.404. The Morgan fingerprint density at radius 2 is 1.60 bits per heavy atom. The van der Waals surface area contributed by atoms with Crippen molar-refractivity contribution in [3.8, 4) is 0 Å². The molecule has 1 aromatic carbocycles. The van der Waals surface area contributed by atoms with Crippen molar-refractivity contribution in [3.63, 3.8) is 0 Å². The zero-order valence-corrected chi connectivity index (χ0v) is 12.2. The van der Waals surface area contributed by atoms with Crippen molar-refractivity contribution in [2.24, 2.45) is 0 Å². The summed E-state index contributed by atoms with van der Waals surface area (Å²) in [6.45, 7) is 1.53. The molecule has 1 atom stereocenters. The van der Waals surface area contributed by atoms with E-state index >= 15 is 0 Å². The Hall–Kier alpha value is -0.980. The molecular weight excluding hydrogens is 337 g/mol. The van der Waals surface area contributed by atoms with E-state index in [-0.39, 0.29) is 6.07 Å². The van der Waals surface area contributed by atoms with Crippen molar-refractivity contribution < 1.29 is 17.6 Å². The van der Waals surface area contributed by atoms with Gasteiger partial charge in [0, 0.05) is 11.6 Å². The van der Waals surface area contributed by atoms with Crippen molar-refractivity contribution in [2.75, 3.05) is 5.32 Å². The van der Waals surface area contributed by atoms with E-state index in [1.807, 2.05) is 0 Å². The van der Waals surface area contributed by atoms with Crippen LogP contribution in [0.2, 0.25) is 8.67 Å². The highest BCUT2D eigenvalue weighted by atomic mass is 35.5. The van der Waals surface area contributed by atoms with Crippen LogP contribution in [0.4, 0.5) is 23.2 Å². The molecule has 2 rings (SSSR count). The molecule has 0 fully saturated rings. The van der Waals surface area contributed by atoms with Gasteiger partial charge in [0.1, 0.15) is 5.69 Å². The fourth-order valence-corrected chi connectivity index (χ4v) is 3.29. The first-order chi connectivity index (χ1) is 9.31. The Morgan fingerprint density at radius 3 is 2.05 bits per heavy atom. The second-order valence-corrected chi connectivity index (χ2v) is 6.27. The zero-order valence-electron chi connectivity index (χ0n) is 9.91. The Morgan fingerprint density at radius 1 is 1.05 bits per heavy atom. The highest BCUT2D eigenvalue weighted by Crippen LogP contribution is 2.37. The largest absolute Gasteiger partial charge is 0.374 e. The van der Waals surface area contributed by atoms with Gasteiger partial charge in [-0.15, -0.1) is 11.3 Å². The Balaban J connectivity index is 2.37. The molecule has 1 aromatic heterocycles. The molecule has 1 N–H and O–H groups in total. The topological polar surface area (TPSA) is 12.0 Å². The molecule has 0 bridgehead atoms. The smallest absolute Gasteiger partial charge is 0.185 e. The normalized spacial score (nSPS) is 12.6. The van der Waals surface area contributed by atoms with Gasteiger partial charge in [-0.1, -0.05) is 23.2 Å². The molecular formula is C12H7Cl2F4NS. The SMILES string of the molecule is CC(Nc1c(F)c(F)cc(F)c1F)c1cc(Cl)sc1Cl. The molecule has 108 valence electrons. The van der Waals surface area contributed by atoms with Crippen LogP contribution >= 0.6 is 34.5 Å². The van der Waals surface area contributed by atoms with Gasteiger partial charge >= 0.3 is 0 Å². The molecule has 0 aliphatic heterocycles. The molecule has 0 spiro atoms. The molecule has 0 amide bonds. The summed E-state index contributed by atoms with van der Waals surface area (Å²) in [4.78, 5) is 0. The summed E-state index contributed by atoms with van der Waals surface area (Å²) in [5, 5.41) is 2.36. The maximum absolute atomic E-state index is 13.5. The van der Waals surface area contributed by atoms with Crippen molar-refractivity contribution in [2.45, 2.75) is 13.0 Å². The number of thiophene rings is 1. The molecule has 1 nitrogen and oxygen atoms in total. The van der Waals surface area contributed by atoms with E-state index in [2.05, 4.69) is 5.32 Å². The first kappa shape index (κ1) is 15.4. The summed E-state index contributed by atoms with van der Waals surface area (Å²) in [6.07, 6.45) is 0. The van der Waals surface area contributed by atoms with E-state index in [1.54, 1.807) is 0 Å². The lowest BCUT2D eigenvalue weighted by Crippen LogP contribution is -2.11. The summed E-state index contributed by atoms with van der Waals surface area (Å²) in [5.74, 6) is -5.94. The molecule has 8 heteroatoms. The molecule has 2 aromatic rings. The fourth-order valence-electron chi connectivity index (χ4n) is 1.64. The Labute approximate surface area is 126 Å². The van der Waals surface area contributed by atoms with Gasteiger partial charge in [0.2, 0.25) is 0 Å². The second-order valence-electron chi connectivity index (χ2n) is 3.99. The second kappa shape index (κ2) is 5.79. The Bertz CT molecular complexity index is 633. The van der Waals surface area contributed by atoms with E-state index in [1.165, 1.54) is 13.0 Å². The van der Waals surface area contributed by atoms with Crippen LogP contribution in [-0.2, 0) is 0 Å². The number of halogens is 6. The minimum absolute atomic E-state index is 0.148. The van der Waals surface area contributed by atoms with Crippen LogP contribution in [0.1, 0.15) is 18.5 Å². The number of nitrogens with one attached hydrogen (secondary N) is 1. The van der Waals surface area contributed by atoms with Gasteiger partial charge in [0.15, 0.2) is 23.3 Å². The lowest BCUT2D eigenvalue weighted by molar-refractivity contribution is 0.457. The lowest BCUT2D eigenvalue weighted by Gasteiger charge is -2.16. The fraction of sp³-hybridized carbons (Fsp3) is 0.167. The monoisotopic (exact) mass is 343 g/mol. The van der Waals surface area contributed by atoms with E-state index < -0.39 is 35.0 Å². The maximum atomic E-state index is 13.5. The average Bonchev–Trinajstić information content (AvgIpc) is 2.71. The first-order valence-electron chi connectivity index (χ1n) is 5.35. The summed E-state index contributed by atoms with van der Waals surface area (Å²) >= 11 is 12.7. The Kier molecular flexibility index (Phi) is 4.46. The molecule has 0 aliphatic carbocycles. The molecule has 1 unspecified atom stereocenters. The van der Waals surface area contributed by atoms with Crippen molar-refractivity contribution in [1.82, 2.24) is 0 Å². The predicted molar refractivity (Wildman–Crippen MR) is 72.7 cm³/mol.